The first-order valence-electron chi connectivity index (χ1n) is 9.91. The maximum atomic E-state index is 12.4. The molecule has 0 bridgehead atoms. The summed E-state index contributed by atoms with van der Waals surface area (Å²) in [6.45, 7) is 0.417. The molecule has 0 saturated heterocycles. The van der Waals surface area contributed by atoms with Gasteiger partial charge in [0, 0.05) is 23.9 Å². The van der Waals surface area contributed by atoms with E-state index in [9.17, 15) is 9.59 Å². The molecule has 1 heterocycles. The van der Waals surface area contributed by atoms with Crippen LogP contribution >= 0.6 is 11.3 Å². The van der Waals surface area contributed by atoms with Crippen molar-refractivity contribution in [1.82, 2.24) is 10.6 Å². The van der Waals surface area contributed by atoms with E-state index in [0.29, 0.717) is 19.0 Å². The van der Waals surface area contributed by atoms with Gasteiger partial charge in [-0.1, -0.05) is 32.1 Å². The van der Waals surface area contributed by atoms with Crippen LogP contribution < -0.4 is 10.6 Å². The minimum atomic E-state index is -0.0257. The summed E-state index contributed by atoms with van der Waals surface area (Å²) in [5, 5.41) is 6.02. The molecule has 25 heavy (non-hydrogen) atoms. The highest BCUT2D eigenvalue weighted by molar-refractivity contribution is 7.14. The molecular formula is C20H30N2O2S. The van der Waals surface area contributed by atoms with Gasteiger partial charge in [0.15, 0.2) is 0 Å². The van der Waals surface area contributed by atoms with Crippen LogP contribution in [0.25, 0.3) is 0 Å². The third-order valence-corrected chi connectivity index (χ3v) is 6.56. The second-order valence-electron chi connectivity index (χ2n) is 7.38. The number of hydrogen-bond acceptors (Lipinski definition) is 3. The van der Waals surface area contributed by atoms with Gasteiger partial charge in [-0.3, -0.25) is 9.59 Å². The highest BCUT2D eigenvalue weighted by Crippen LogP contribution is 2.28. The Morgan fingerprint density at radius 1 is 1.00 bits per heavy atom. The number of thiophene rings is 1. The monoisotopic (exact) mass is 362 g/mol. The highest BCUT2D eigenvalue weighted by Gasteiger charge is 2.17. The summed E-state index contributed by atoms with van der Waals surface area (Å²) in [4.78, 5) is 26.6. The minimum absolute atomic E-state index is 0.0257. The van der Waals surface area contributed by atoms with Crippen LogP contribution in [0.15, 0.2) is 6.07 Å². The number of nitrogens with one attached hydrogen (secondary N) is 2. The van der Waals surface area contributed by atoms with Crippen molar-refractivity contribution < 1.29 is 9.59 Å². The largest absolute Gasteiger partial charge is 0.353 e. The summed E-state index contributed by atoms with van der Waals surface area (Å²) in [5.74, 6) is 0.0351. The minimum Gasteiger partial charge on any atom is -0.353 e. The van der Waals surface area contributed by atoms with Crippen LogP contribution in [0.4, 0.5) is 0 Å². The quantitative estimate of drug-likeness (QED) is 0.832. The molecule has 2 N–H and O–H groups in total. The van der Waals surface area contributed by atoms with Gasteiger partial charge in [0.1, 0.15) is 0 Å². The lowest BCUT2D eigenvalue weighted by molar-refractivity contribution is -0.121. The number of hydrogen-bond donors (Lipinski definition) is 2. The Labute approximate surface area is 154 Å². The molecule has 5 heteroatoms. The third kappa shape index (κ3) is 5.56. The first-order chi connectivity index (χ1) is 12.2. The van der Waals surface area contributed by atoms with Crippen molar-refractivity contribution in [1.29, 1.82) is 0 Å². The molecule has 1 saturated carbocycles. The van der Waals surface area contributed by atoms with Crippen LogP contribution in [0.1, 0.15) is 84.3 Å². The van der Waals surface area contributed by atoms with Crippen LogP contribution in [0.5, 0.6) is 0 Å². The van der Waals surface area contributed by atoms with Gasteiger partial charge in [-0.05, 0) is 50.2 Å². The summed E-state index contributed by atoms with van der Waals surface area (Å²) in [6.07, 6.45) is 13.5. The smallest absolute Gasteiger partial charge is 0.261 e. The normalized spacial score (nSPS) is 18.7. The number of carbonyl (C=O) groups is 2. The van der Waals surface area contributed by atoms with Gasteiger partial charge >= 0.3 is 0 Å². The Kier molecular flexibility index (Phi) is 6.91. The molecule has 2 aliphatic rings. The maximum absolute atomic E-state index is 12.4. The Morgan fingerprint density at radius 3 is 2.52 bits per heavy atom. The summed E-state index contributed by atoms with van der Waals surface area (Å²) >= 11 is 1.64. The Bertz CT molecular complexity index is 565. The summed E-state index contributed by atoms with van der Waals surface area (Å²) in [6, 6.07) is 2.41. The summed E-state index contributed by atoms with van der Waals surface area (Å²) in [7, 11) is 0. The number of fused-ring (bicyclic) bond motifs is 1. The lowest BCUT2D eigenvalue weighted by Gasteiger charge is -2.22. The van der Waals surface area contributed by atoms with Crippen LogP contribution in [0.2, 0.25) is 0 Å². The van der Waals surface area contributed by atoms with Crippen molar-refractivity contribution in [3.63, 3.8) is 0 Å². The van der Waals surface area contributed by atoms with Crippen molar-refractivity contribution >= 4 is 23.2 Å². The molecule has 0 radical (unpaired) electrons. The van der Waals surface area contributed by atoms with Crippen LogP contribution in [-0.2, 0) is 17.6 Å². The fraction of sp³-hybridized carbons (Fsp3) is 0.700. The highest BCUT2D eigenvalue weighted by atomic mass is 32.1. The number of rotatable bonds is 5. The molecular weight excluding hydrogens is 332 g/mol. The maximum Gasteiger partial charge on any atom is 0.261 e. The zero-order chi connectivity index (χ0) is 17.5. The fourth-order valence-corrected chi connectivity index (χ4v) is 5.05. The molecule has 4 nitrogen and oxygen atoms in total. The van der Waals surface area contributed by atoms with E-state index in [1.54, 1.807) is 11.3 Å². The Morgan fingerprint density at radius 2 is 1.72 bits per heavy atom. The number of aryl methyl sites for hydroxylation is 2. The predicted octanol–water partition coefficient (Wildman–Crippen LogP) is 3.98. The zero-order valence-corrected chi connectivity index (χ0v) is 15.9. The van der Waals surface area contributed by atoms with Gasteiger partial charge in [-0.25, -0.2) is 0 Å². The van der Waals surface area contributed by atoms with Crippen molar-refractivity contribution in [2.75, 3.05) is 6.54 Å². The van der Waals surface area contributed by atoms with Gasteiger partial charge in [0.2, 0.25) is 5.91 Å². The molecule has 1 fully saturated rings. The van der Waals surface area contributed by atoms with Crippen LogP contribution in [0, 0.1) is 0 Å². The molecule has 0 atom stereocenters. The second kappa shape index (κ2) is 9.37. The van der Waals surface area contributed by atoms with E-state index < -0.39 is 0 Å². The fourth-order valence-electron chi connectivity index (χ4n) is 3.88. The molecule has 0 unspecified atom stereocenters. The lowest BCUT2D eigenvalue weighted by Crippen LogP contribution is -2.38. The average Bonchev–Trinajstić information content (AvgIpc) is 2.98. The molecule has 0 spiro atoms. The predicted molar refractivity (Wildman–Crippen MR) is 102 cm³/mol. The molecule has 0 aliphatic heterocycles. The number of amides is 2. The van der Waals surface area contributed by atoms with Crippen molar-refractivity contribution in [2.24, 2.45) is 0 Å². The van der Waals surface area contributed by atoms with Crippen molar-refractivity contribution in [3.05, 3.63) is 21.4 Å². The standard InChI is InChI=1S/C20H30N2O2S/c23-19(22-16-9-5-3-6-10-16)12-13-21-20(24)18-14-15-8-4-1-2-7-11-17(15)25-18/h14,16H,1-13H2,(H,21,24)(H,22,23). The van der Waals surface area contributed by atoms with Gasteiger partial charge in [0.25, 0.3) is 5.91 Å². The van der Waals surface area contributed by atoms with E-state index in [-0.39, 0.29) is 11.8 Å². The van der Waals surface area contributed by atoms with Gasteiger partial charge < -0.3 is 10.6 Å². The first-order valence-corrected chi connectivity index (χ1v) is 10.7. The molecule has 2 aliphatic carbocycles. The Balaban J connectivity index is 1.43. The van der Waals surface area contributed by atoms with Crippen LogP contribution in [-0.4, -0.2) is 24.4 Å². The van der Waals surface area contributed by atoms with E-state index in [4.69, 9.17) is 0 Å². The van der Waals surface area contributed by atoms with E-state index in [2.05, 4.69) is 16.7 Å². The molecule has 0 aromatic carbocycles. The SMILES string of the molecule is O=C(CCNC(=O)c1cc2c(s1)CCCCCC2)NC1CCCCC1. The Hall–Kier alpha value is -1.36. The summed E-state index contributed by atoms with van der Waals surface area (Å²) in [5.41, 5.74) is 1.37. The van der Waals surface area contributed by atoms with E-state index >= 15 is 0 Å². The van der Waals surface area contributed by atoms with Gasteiger partial charge in [0.05, 0.1) is 4.88 Å². The second-order valence-corrected chi connectivity index (χ2v) is 8.52. The topological polar surface area (TPSA) is 58.2 Å². The molecule has 1 aromatic rings. The van der Waals surface area contributed by atoms with E-state index in [1.165, 1.54) is 55.4 Å². The number of carbonyl (C=O) groups excluding carboxylic acids is 2. The van der Waals surface area contributed by atoms with Gasteiger partial charge in [-0.15, -0.1) is 11.3 Å². The molecule has 3 rings (SSSR count). The van der Waals surface area contributed by atoms with Crippen molar-refractivity contribution in [3.8, 4) is 0 Å². The van der Waals surface area contributed by atoms with E-state index in [1.807, 2.05) is 0 Å². The van der Waals surface area contributed by atoms with E-state index in [0.717, 1.165) is 30.6 Å². The lowest BCUT2D eigenvalue weighted by atomic mass is 9.95. The first kappa shape index (κ1) is 18.4. The van der Waals surface area contributed by atoms with Gasteiger partial charge in [-0.2, -0.15) is 0 Å². The average molecular weight is 363 g/mol. The molecule has 2 amide bonds. The molecule has 1 aromatic heterocycles. The third-order valence-electron chi connectivity index (χ3n) is 5.33. The molecule has 138 valence electrons. The summed E-state index contributed by atoms with van der Waals surface area (Å²) < 4.78 is 0. The zero-order valence-electron chi connectivity index (χ0n) is 15.1. The van der Waals surface area contributed by atoms with Crippen molar-refractivity contribution in [2.45, 2.75) is 83.1 Å². The van der Waals surface area contributed by atoms with Crippen LogP contribution in [0.3, 0.4) is 0 Å².